The lowest BCUT2D eigenvalue weighted by molar-refractivity contribution is -0.137. The molecule has 1 aliphatic heterocycles. The van der Waals surface area contributed by atoms with Crippen LogP contribution in [-0.4, -0.2) is 62.7 Å². The van der Waals surface area contributed by atoms with Crippen molar-refractivity contribution in [1.29, 1.82) is 0 Å². The molecule has 1 fully saturated rings. The molecule has 1 aromatic heterocycles. The number of piperazine rings is 1. The maximum absolute atomic E-state index is 13.7. The normalized spacial score (nSPS) is 16.1. The molecule has 2 heterocycles. The summed E-state index contributed by atoms with van der Waals surface area (Å²) in [5.41, 5.74) is 3.81. The summed E-state index contributed by atoms with van der Waals surface area (Å²) in [6.07, 6.45) is -0.184. The van der Waals surface area contributed by atoms with Gasteiger partial charge in [-0.15, -0.1) is 5.10 Å². The largest absolute Gasteiger partial charge is 0.416 e. The van der Waals surface area contributed by atoms with Crippen LogP contribution < -0.4 is 0 Å². The van der Waals surface area contributed by atoms with E-state index in [1.165, 1.54) is 12.1 Å². The second kappa shape index (κ2) is 11.5. The molecule has 0 saturated carbocycles. The zero-order chi connectivity index (χ0) is 27.4. The van der Waals surface area contributed by atoms with E-state index < -0.39 is 17.8 Å². The van der Waals surface area contributed by atoms with Gasteiger partial charge in [0.05, 0.1) is 17.3 Å². The maximum Gasteiger partial charge on any atom is 0.416 e. The van der Waals surface area contributed by atoms with E-state index in [-0.39, 0.29) is 0 Å². The predicted molar refractivity (Wildman–Crippen MR) is 145 cm³/mol. The molecule has 6 nitrogen and oxygen atoms in total. The van der Waals surface area contributed by atoms with Gasteiger partial charge in [0.25, 0.3) is 0 Å². The van der Waals surface area contributed by atoms with Crippen LogP contribution in [0.15, 0.2) is 78.9 Å². The van der Waals surface area contributed by atoms with Gasteiger partial charge >= 0.3 is 6.18 Å². The monoisotopic (exact) mass is 532 g/mol. The molecule has 39 heavy (non-hydrogen) atoms. The van der Waals surface area contributed by atoms with Gasteiger partial charge in [0.15, 0.2) is 5.82 Å². The molecule has 0 bridgehead atoms. The van der Waals surface area contributed by atoms with Crippen molar-refractivity contribution in [3.05, 3.63) is 113 Å². The third kappa shape index (κ3) is 6.10. The van der Waals surface area contributed by atoms with Gasteiger partial charge in [-0.05, 0) is 58.7 Å². The molecule has 1 aliphatic rings. The van der Waals surface area contributed by atoms with E-state index in [9.17, 15) is 13.2 Å². The van der Waals surface area contributed by atoms with Crippen molar-refractivity contribution < 1.29 is 13.2 Å². The highest BCUT2D eigenvalue weighted by atomic mass is 19.4. The number of benzene rings is 3. The lowest BCUT2D eigenvalue weighted by Crippen LogP contribution is -2.48. The van der Waals surface area contributed by atoms with Crippen LogP contribution in [0.5, 0.6) is 0 Å². The Morgan fingerprint density at radius 3 is 2.26 bits per heavy atom. The Balaban J connectivity index is 1.44. The highest BCUT2D eigenvalue weighted by Gasteiger charge is 2.35. The summed E-state index contributed by atoms with van der Waals surface area (Å²) in [4.78, 5) is 4.52. The highest BCUT2D eigenvalue weighted by Crippen LogP contribution is 2.35. The van der Waals surface area contributed by atoms with Crippen molar-refractivity contribution >= 4 is 6.08 Å². The molecule has 0 N–H and O–H groups in total. The first kappa shape index (κ1) is 26.8. The van der Waals surface area contributed by atoms with Gasteiger partial charge in [-0.25, -0.2) is 0 Å². The number of aromatic nitrogens is 4. The van der Waals surface area contributed by atoms with Crippen molar-refractivity contribution in [3.8, 4) is 5.69 Å². The number of halogens is 3. The standard InChI is InChI=1S/C30H31F3N6/c1-22-9-6-10-23(2)27(22)39-29(34-35-36-39)28(25-14-7-15-26(21-25)30(31,32)33)38-19-17-37(18-20-38)16-8-13-24-11-4-3-5-12-24/h3-15,21,28H,16-20H2,1-2H3/b13-8+/t28-/m0/s1. The van der Waals surface area contributed by atoms with Gasteiger partial charge in [-0.1, -0.05) is 72.8 Å². The molecule has 0 spiro atoms. The van der Waals surface area contributed by atoms with Gasteiger partial charge in [0, 0.05) is 32.7 Å². The van der Waals surface area contributed by atoms with Crippen molar-refractivity contribution in [2.24, 2.45) is 0 Å². The molecule has 0 unspecified atom stereocenters. The summed E-state index contributed by atoms with van der Waals surface area (Å²) in [5, 5.41) is 12.6. The molecule has 3 aromatic carbocycles. The molecule has 202 valence electrons. The average molecular weight is 533 g/mol. The number of tetrazole rings is 1. The number of para-hydroxylation sites is 1. The van der Waals surface area contributed by atoms with E-state index >= 15 is 0 Å². The first-order valence-electron chi connectivity index (χ1n) is 13.0. The summed E-state index contributed by atoms with van der Waals surface area (Å²) >= 11 is 0. The summed E-state index contributed by atoms with van der Waals surface area (Å²) in [5.74, 6) is 0.504. The van der Waals surface area contributed by atoms with Crippen LogP contribution in [0, 0.1) is 13.8 Å². The molecule has 0 aliphatic carbocycles. The van der Waals surface area contributed by atoms with Gasteiger partial charge in [0.1, 0.15) is 0 Å². The Morgan fingerprint density at radius 1 is 0.872 bits per heavy atom. The minimum Gasteiger partial charge on any atom is -0.297 e. The molecular formula is C30H31F3N6. The van der Waals surface area contributed by atoms with E-state index in [0.717, 1.165) is 48.1 Å². The molecule has 1 saturated heterocycles. The lowest BCUT2D eigenvalue weighted by Gasteiger charge is -2.38. The van der Waals surface area contributed by atoms with Crippen LogP contribution in [0.25, 0.3) is 11.8 Å². The van der Waals surface area contributed by atoms with Crippen molar-refractivity contribution in [2.45, 2.75) is 26.1 Å². The summed E-state index contributed by atoms with van der Waals surface area (Å²) in [6, 6.07) is 21.1. The number of nitrogens with zero attached hydrogens (tertiary/aromatic N) is 6. The molecular weight excluding hydrogens is 501 g/mol. The van der Waals surface area contributed by atoms with Crippen LogP contribution in [-0.2, 0) is 6.18 Å². The molecule has 1 atom stereocenters. The summed E-state index contributed by atoms with van der Waals surface area (Å²) in [7, 11) is 0. The summed E-state index contributed by atoms with van der Waals surface area (Å²) in [6.45, 7) is 7.65. The molecule has 0 amide bonds. The highest BCUT2D eigenvalue weighted by molar-refractivity contribution is 5.49. The van der Waals surface area contributed by atoms with Crippen molar-refractivity contribution in [3.63, 3.8) is 0 Å². The second-order valence-electron chi connectivity index (χ2n) is 9.86. The first-order chi connectivity index (χ1) is 18.8. The van der Waals surface area contributed by atoms with Crippen LogP contribution in [0.3, 0.4) is 0 Å². The Labute approximate surface area is 226 Å². The third-order valence-electron chi connectivity index (χ3n) is 7.16. The molecule has 9 heteroatoms. The number of rotatable bonds is 7. The zero-order valence-electron chi connectivity index (χ0n) is 22.0. The Morgan fingerprint density at radius 2 is 1.56 bits per heavy atom. The molecule has 4 aromatic rings. The SMILES string of the molecule is Cc1cccc(C)c1-n1nnnc1[C@H](c1cccc(C(F)(F)F)c1)N1CCN(C/C=C/c2ccccc2)CC1. The predicted octanol–water partition coefficient (Wildman–Crippen LogP) is 5.72. The first-order valence-corrected chi connectivity index (χ1v) is 13.0. The fraction of sp³-hybridized carbons (Fsp3) is 0.300. The summed E-state index contributed by atoms with van der Waals surface area (Å²) < 4.78 is 42.7. The number of alkyl halides is 3. The quantitative estimate of drug-likeness (QED) is 0.305. The van der Waals surface area contributed by atoms with E-state index in [4.69, 9.17) is 0 Å². The van der Waals surface area contributed by atoms with Gasteiger partial charge in [-0.3, -0.25) is 9.80 Å². The van der Waals surface area contributed by atoms with E-state index in [0.29, 0.717) is 24.5 Å². The lowest BCUT2D eigenvalue weighted by atomic mass is 10.00. The van der Waals surface area contributed by atoms with E-state index in [1.54, 1.807) is 10.7 Å². The number of hydrogen-bond donors (Lipinski definition) is 0. The fourth-order valence-corrected chi connectivity index (χ4v) is 5.18. The molecule has 0 radical (unpaired) electrons. The van der Waals surface area contributed by atoms with Crippen molar-refractivity contribution in [2.75, 3.05) is 32.7 Å². The topological polar surface area (TPSA) is 50.1 Å². The average Bonchev–Trinajstić information content (AvgIpc) is 3.39. The van der Waals surface area contributed by atoms with Crippen LogP contribution >= 0.6 is 0 Å². The molecule has 5 rings (SSSR count). The Hall–Kier alpha value is -3.82. The fourth-order valence-electron chi connectivity index (χ4n) is 5.18. The van der Waals surface area contributed by atoms with Crippen LogP contribution in [0.4, 0.5) is 13.2 Å². The smallest absolute Gasteiger partial charge is 0.297 e. The maximum atomic E-state index is 13.7. The van der Waals surface area contributed by atoms with Crippen LogP contribution in [0.2, 0.25) is 0 Å². The third-order valence-corrected chi connectivity index (χ3v) is 7.16. The number of aryl methyl sites for hydroxylation is 2. The van der Waals surface area contributed by atoms with Gasteiger partial charge in [0.2, 0.25) is 0 Å². The van der Waals surface area contributed by atoms with Gasteiger partial charge < -0.3 is 0 Å². The Kier molecular flexibility index (Phi) is 7.90. The van der Waals surface area contributed by atoms with Crippen LogP contribution in [0.1, 0.15) is 39.7 Å². The van der Waals surface area contributed by atoms with E-state index in [1.807, 2.05) is 50.2 Å². The van der Waals surface area contributed by atoms with E-state index in [2.05, 4.69) is 49.6 Å². The Bertz CT molecular complexity index is 1400. The minimum absolute atomic E-state index is 0.504. The van der Waals surface area contributed by atoms with Crippen molar-refractivity contribution in [1.82, 2.24) is 30.0 Å². The minimum atomic E-state index is -4.44. The number of hydrogen-bond acceptors (Lipinski definition) is 5. The second-order valence-corrected chi connectivity index (χ2v) is 9.86. The van der Waals surface area contributed by atoms with Gasteiger partial charge in [-0.2, -0.15) is 17.9 Å². The zero-order valence-corrected chi connectivity index (χ0v) is 22.0.